The van der Waals surface area contributed by atoms with Gasteiger partial charge in [0, 0.05) is 0 Å². The summed E-state index contributed by atoms with van der Waals surface area (Å²) in [5.41, 5.74) is 5.29. The van der Waals surface area contributed by atoms with Gasteiger partial charge in [-0.3, -0.25) is 0 Å². The number of nitrogens with zero attached hydrogens (tertiary/aromatic N) is 2. The van der Waals surface area contributed by atoms with Gasteiger partial charge < -0.3 is 15.8 Å². The van der Waals surface area contributed by atoms with Gasteiger partial charge in [0.25, 0.3) is 0 Å². The second kappa shape index (κ2) is 5.24. The van der Waals surface area contributed by atoms with Gasteiger partial charge in [0.2, 0.25) is 5.95 Å². The summed E-state index contributed by atoms with van der Waals surface area (Å²) >= 11 is 0. The van der Waals surface area contributed by atoms with E-state index in [9.17, 15) is 9.18 Å². The number of aromatic nitrogens is 2. The first kappa shape index (κ1) is 12.2. The molecule has 1 heterocycles. The molecule has 0 saturated heterocycles. The Morgan fingerprint density at radius 1 is 1.75 bits per heavy atom. The van der Waals surface area contributed by atoms with E-state index in [1.54, 1.807) is 6.92 Å². The Labute approximate surface area is 92.0 Å². The van der Waals surface area contributed by atoms with Gasteiger partial charge in [-0.15, -0.1) is 0 Å². The Balaban J connectivity index is 2.72. The molecule has 1 aromatic heterocycles. The molecule has 0 saturated carbocycles. The number of halogens is 1. The number of carbonyl (C=O) groups excluding carboxylic acids is 1. The summed E-state index contributed by atoms with van der Waals surface area (Å²) in [4.78, 5) is 18.4. The molecule has 6 nitrogen and oxygen atoms in total. The first-order chi connectivity index (χ1) is 7.54. The van der Waals surface area contributed by atoms with Crippen LogP contribution in [0, 0.1) is 5.82 Å². The van der Waals surface area contributed by atoms with E-state index in [4.69, 9.17) is 10.5 Å². The minimum absolute atomic E-state index is 0.0695. The van der Waals surface area contributed by atoms with Crippen LogP contribution >= 0.6 is 0 Å². The van der Waals surface area contributed by atoms with Gasteiger partial charge in [0.05, 0.1) is 12.8 Å². The molecule has 0 radical (unpaired) electrons. The zero-order chi connectivity index (χ0) is 12.1. The molecule has 0 aliphatic carbocycles. The minimum atomic E-state index is -0.705. The molecule has 7 heteroatoms. The lowest BCUT2D eigenvalue weighted by molar-refractivity contribution is -0.143. The van der Waals surface area contributed by atoms with Crippen LogP contribution in [-0.2, 0) is 9.53 Å². The lowest BCUT2D eigenvalue weighted by Crippen LogP contribution is -2.29. The van der Waals surface area contributed by atoms with E-state index in [-0.39, 0.29) is 18.4 Å². The third-order valence-corrected chi connectivity index (χ3v) is 1.76. The van der Waals surface area contributed by atoms with E-state index in [1.165, 1.54) is 6.92 Å². The quantitative estimate of drug-likeness (QED) is 0.732. The molecule has 1 aromatic rings. The third-order valence-electron chi connectivity index (χ3n) is 1.76. The summed E-state index contributed by atoms with van der Waals surface area (Å²) in [6, 6.07) is -0.705. The van der Waals surface area contributed by atoms with Crippen molar-refractivity contribution in [3.63, 3.8) is 0 Å². The van der Waals surface area contributed by atoms with Crippen LogP contribution in [0.5, 0.6) is 0 Å². The monoisotopic (exact) mass is 228 g/mol. The molecule has 3 N–H and O–H groups in total. The fourth-order valence-corrected chi connectivity index (χ4v) is 1.01. The van der Waals surface area contributed by atoms with Crippen molar-refractivity contribution in [1.82, 2.24) is 9.97 Å². The molecule has 88 valence electrons. The van der Waals surface area contributed by atoms with Crippen LogP contribution in [0.2, 0.25) is 0 Å². The lowest BCUT2D eigenvalue weighted by Gasteiger charge is -2.13. The molecule has 0 aliphatic heterocycles. The molecule has 1 rings (SSSR count). The van der Waals surface area contributed by atoms with Gasteiger partial charge in [-0.25, -0.2) is 14.2 Å². The van der Waals surface area contributed by atoms with Crippen LogP contribution in [0.1, 0.15) is 13.8 Å². The normalized spacial score (nSPS) is 11.9. The highest BCUT2D eigenvalue weighted by atomic mass is 19.1. The van der Waals surface area contributed by atoms with Gasteiger partial charge in [-0.1, -0.05) is 0 Å². The first-order valence-electron chi connectivity index (χ1n) is 4.75. The highest BCUT2D eigenvalue weighted by Gasteiger charge is 2.16. The molecular formula is C9H13FN4O2. The number of nitrogen functional groups attached to an aromatic ring is 1. The van der Waals surface area contributed by atoms with E-state index in [0.29, 0.717) is 0 Å². The number of hydrogen-bond acceptors (Lipinski definition) is 6. The standard InChI is InChI=1S/C9H13FN4O2/c1-3-16-8(15)5(2)13-7-6(10)4-12-9(11)14-7/h4-5H,3H2,1-2H3,(H3,11,12,13,14). The lowest BCUT2D eigenvalue weighted by atomic mass is 10.3. The Bertz CT molecular complexity index is 386. The summed E-state index contributed by atoms with van der Waals surface area (Å²) < 4.78 is 17.9. The third kappa shape index (κ3) is 3.04. The first-order valence-corrected chi connectivity index (χ1v) is 4.75. The maximum Gasteiger partial charge on any atom is 0.328 e. The fourth-order valence-electron chi connectivity index (χ4n) is 1.01. The van der Waals surface area contributed by atoms with Crippen LogP contribution in [0.4, 0.5) is 16.2 Å². The van der Waals surface area contributed by atoms with Crippen molar-refractivity contribution in [2.24, 2.45) is 0 Å². The Morgan fingerprint density at radius 2 is 2.44 bits per heavy atom. The average molecular weight is 228 g/mol. The van der Waals surface area contributed by atoms with Crippen LogP contribution in [0.15, 0.2) is 6.20 Å². The van der Waals surface area contributed by atoms with Crippen molar-refractivity contribution in [3.05, 3.63) is 12.0 Å². The number of hydrogen-bond donors (Lipinski definition) is 2. The van der Waals surface area contributed by atoms with E-state index >= 15 is 0 Å². The zero-order valence-corrected chi connectivity index (χ0v) is 9.03. The molecule has 0 amide bonds. The minimum Gasteiger partial charge on any atom is -0.464 e. The van der Waals surface area contributed by atoms with E-state index < -0.39 is 17.8 Å². The van der Waals surface area contributed by atoms with Gasteiger partial charge in [-0.2, -0.15) is 4.98 Å². The highest BCUT2D eigenvalue weighted by Crippen LogP contribution is 2.11. The molecule has 1 atom stereocenters. The smallest absolute Gasteiger partial charge is 0.328 e. The molecule has 0 fully saturated rings. The fraction of sp³-hybridized carbons (Fsp3) is 0.444. The second-order valence-corrected chi connectivity index (χ2v) is 3.04. The van der Waals surface area contributed by atoms with E-state index in [2.05, 4.69) is 15.3 Å². The largest absolute Gasteiger partial charge is 0.464 e. The van der Waals surface area contributed by atoms with Gasteiger partial charge in [0.15, 0.2) is 11.6 Å². The number of rotatable bonds is 4. The van der Waals surface area contributed by atoms with Crippen LogP contribution in [-0.4, -0.2) is 28.6 Å². The Kier molecular flexibility index (Phi) is 3.98. The number of carbonyl (C=O) groups is 1. The number of nitrogens with two attached hydrogens (primary N) is 1. The van der Waals surface area contributed by atoms with E-state index in [1.807, 2.05) is 0 Å². The van der Waals surface area contributed by atoms with Crippen molar-refractivity contribution in [1.29, 1.82) is 0 Å². The number of esters is 1. The van der Waals surface area contributed by atoms with Crippen molar-refractivity contribution in [2.45, 2.75) is 19.9 Å². The van der Waals surface area contributed by atoms with Gasteiger partial charge >= 0.3 is 5.97 Å². The number of nitrogens with one attached hydrogen (secondary N) is 1. The Morgan fingerprint density at radius 3 is 3.06 bits per heavy atom. The molecular weight excluding hydrogens is 215 g/mol. The van der Waals surface area contributed by atoms with Crippen LogP contribution < -0.4 is 11.1 Å². The number of anilines is 2. The zero-order valence-electron chi connectivity index (χ0n) is 9.03. The topological polar surface area (TPSA) is 90.1 Å². The SMILES string of the molecule is CCOC(=O)C(C)Nc1nc(N)ncc1F. The summed E-state index contributed by atoms with van der Waals surface area (Å²) in [5, 5.41) is 2.55. The van der Waals surface area contributed by atoms with E-state index in [0.717, 1.165) is 6.20 Å². The maximum absolute atomic E-state index is 13.2. The van der Waals surface area contributed by atoms with Crippen molar-refractivity contribution >= 4 is 17.7 Å². The second-order valence-electron chi connectivity index (χ2n) is 3.04. The van der Waals surface area contributed by atoms with Crippen LogP contribution in [0.3, 0.4) is 0 Å². The molecule has 16 heavy (non-hydrogen) atoms. The predicted octanol–water partition coefficient (Wildman–Crippen LogP) is 0.561. The maximum atomic E-state index is 13.2. The summed E-state index contributed by atoms with van der Waals surface area (Å²) in [6.07, 6.45) is 0.933. The van der Waals surface area contributed by atoms with Gasteiger partial charge in [0.1, 0.15) is 6.04 Å². The molecule has 0 aliphatic rings. The summed E-state index contributed by atoms with van der Waals surface area (Å²) in [7, 11) is 0. The van der Waals surface area contributed by atoms with Crippen LogP contribution in [0.25, 0.3) is 0 Å². The molecule has 0 spiro atoms. The highest BCUT2D eigenvalue weighted by molar-refractivity contribution is 5.78. The average Bonchev–Trinajstić information content (AvgIpc) is 2.23. The Hall–Kier alpha value is -1.92. The predicted molar refractivity (Wildman–Crippen MR) is 56.1 cm³/mol. The van der Waals surface area contributed by atoms with Crippen molar-refractivity contribution < 1.29 is 13.9 Å². The molecule has 0 aromatic carbocycles. The molecule has 0 bridgehead atoms. The summed E-state index contributed by atoms with van der Waals surface area (Å²) in [5.74, 6) is -1.35. The van der Waals surface area contributed by atoms with Gasteiger partial charge in [-0.05, 0) is 13.8 Å². The summed E-state index contributed by atoms with van der Waals surface area (Å²) in [6.45, 7) is 3.49. The van der Waals surface area contributed by atoms with Crippen molar-refractivity contribution in [2.75, 3.05) is 17.7 Å². The number of ether oxygens (including phenoxy) is 1. The molecule has 1 unspecified atom stereocenters. The van der Waals surface area contributed by atoms with Crippen molar-refractivity contribution in [3.8, 4) is 0 Å².